The first kappa shape index (κ1) is 15.6. The molecule has 0 unspecified atom stereocenters. The highest BCUT2D eigenvalue weighted by Gasteiger charge is 2.10. The van der Waals surface area contributed by atoms with E-state index in [0.717, 1.165) is 6.08 Å². The summed E-state index contributed by atoms with van der Waals surface area (Å²) in [4.78, 5) is 10.7. The number of para-hydroxylation sites is 1. The molecular weight excluding hydrogens is 287 g/mol. The van der Waals surface area contributed by atoms with Crippen molar-refractivity contribution in [3.05, 3.63) is 65.5 Å². The van der Waals surface area contributed by atoms with E-state index in [1.165, 1.54) is 19.3 Å². The van der Waals surface area contributed by atoms with Gasteiger partial charge in [-0.1, -0.05) is 30.3 Å². The molecule has 0 spiro atoms. The Balaban J connectivity index is 2.28. The van der Waals surface area contributed by atoms with Gasteiger partial charge in [0.25, 0.3) is 0 Å². The van der Waals surface area contributed by atoms with Crippen LogP contribution in [0.5, 0.6) is 11.5 Å². The first-order chi connectivity index (χ1) is 10.6. The summed E-state index contributed by atoms with van der Waals surface area (Å²) in [5.74, 6) is -0.613. The molecule has 22 heavy (non-hydrogen) atoms. The summed E-state index contributed by atoms with van der Waals surface area (Å²) in [6, 6.07) is 11.4. The SMILES string of the molecule is COc1cccc(C=CC(=O)O)c1OCc1ccccc1F. The lowest BCUT2D eigenvalue weighted by Gasteiger charge is -2.13. The third-order valence-corrected chi connectivity index (χ3v) is 2.96. The molecule has 2 rings (SSSR count). The van der Waals surface area contributed by atoms with Gasteiger partial charge in [-0.3, -0.25) is 0 Å². The van der Waals surface area contributed by atoms with Crippen molar-refractivity contribution in [2.75, 3.05) is 7.11 Å². The summed E-state index contributed by atoms with van der Waals surface area (Å²) < 4.78 is 24.5. The molecule has 0 aromatic heterocycles. The molecular formula is C17H15FO4. The van der Waals surface area contributed by atoms with Gasteiger partial charge in [0, 0.05) is 17.2 Å². The van der Waals surface area contributed by atoms with Gasteiger partial charge in [0.1, 0.15) is 12.4 Å². The van der Waals surface area contributed by atoms with Crippen LogP contribution >= 0.6 is 0 Å². The van der Waals surface area contributed by atoms with Gasteiger partial charge in [0.15, 0.2) is 11.5 Å². The number of rotatable bonds is 6. The second-order valence-corrected chi connectivity index (χ2v) is 4.43. The van der Waals surface area contributed by atoms with E-state index in [9.17, 15) is 9.18 Å². The summed E-state index contributed by atoms with van der Waals surface area (Å²) in [7, 11) is 1.48. The average molecular weight is 302 g/mol. The quantitative estimate of drug-likeness (QED) is 0.830. The Hall–Kier alpha value is -2.82. The van der Waals surface area contributed by atoms with Gasteiger partial charge >= 0.3 is 5.97 Å². The Morgan fingerprint density at radius 1 is 1.23 bits per heavy atom. The molecule has 2 aromatic rings. The van der Waals surface area contributed by atoms with Crippen LogP contribution in [0.4, 0.5) is 4.39 Å². The second kappa shape index (κ2) is 7.26. The Labute approximate surface area is 127 Å². The molecule has 0 amide bonds. The van der Waals surface area contributed by atoms with E-state index >= 15 is 0 Å². The minimum Gasteiger partial charge on any atom is -0.493 e. The van der Waals surface area contributed by atoms with E-state index in [1.54, 1.807) is 36.4 Å². The zero-order chi connectivity index (χ0) is 15.9. The number of hydrogen-bond acceptors (Lipinski definition) is 3. The minimum absolute atomic E-state index is 0.0148. The van der Waals surface area contributed by atoms with E-state index in [4.69, 9.17) is 14.6 Å². The summed E-state index contributed by atoms with van der Waals surface area (Å²) >= 11 is 0. The zero-order valence-corrected chi connectivity index (χ0v) is 12.0. The standard InChI is InChI=1S/C17H15FO4/c1-21-15-8-4-6-12(9-10-16(19)20)17(15)22-11-13-5-2-3-7-14(13)18/h2-10H,11H2,1H3,(H,19,20). The predicted octanol–water partition coefficient (Wildman–Crippen LogP) is 3.51. The molecule has 0 atom stereocenters. The predicted molar refractivity (Wildman–Crippen MR) is 80.4 cm³/mol. The molecule has 0 aliphatic rings. The monoisotopic (exact) mass is 302 g/mol. The van der Waals surface area contributed by atoms with E-state index in [1.807, 2.05) is 0 Å². The van der Waals surface area contributed by atoms with Gasteiger partial charge in [-0.05, 0) is 18.2 Å². The molecule has 114 valence electrons. The van der Waals surface area contributed by atoms with Gasteiger partial charge in [-0.15, -0.1) is 0 Å². The fraction of sp³-hybridized carbons (Fsp3) is 0.118. The van der Waals surface area contributed by atoms with Crippen LogP contribution in [-0.4, -0.2) is 18.2 Å². The van der Waals surface area contributed by atoms with Crippen LogP contribution in [0.25, 0.3) is 6.08 Å². The van der Waals surface area contributed by atoms with Crippen LogP contribution in [0, 0.1) is 5.82 Å². The molecule has 5 heteroatoms. The lowest BCUT2D eigenvalue weighted by atomic mass is 10.1. The fourth-order valence-corrected chi connectivity index (χ4v) is 1.91. The highest BCUT2D eigenvalue weighted by Crippen LogP contribution is 2.32. The summed E-state index contributed by atoms with van der Waals surface area (Å²) in [6.07, 6.45) is 2.41. The minimum atomic E-state index is -1.07. The number of benzene rings is 2. The molecule has 0 saturated heterocycles. The van der Waals surface area contributed by atoms with Crippen molar-refractivity contribution in [1.82, 2.24) is 0 Å². The van der Waals surface area contributed by atoms with E-state index in [0.29, 0.717) is 22.6 Å². The van der Waals surface area contributed by atoms with Crippen molar-refractivity contribution in [1.29, 1.82) is 0 Å². The number of ether oxygens (including phenoxy) is 2. The summed E-state index contributed by atoms with van der Waals surface area (Å²) in [6.45, 7) is 0.0148. The van der Waals surface area contributed by atoms with Crippen molar-refractivity contribution in [2.45, 2.75) is 6.61 Å². The molecule has 0 fully saturated rings. The third-order valence-electron chi connectivity index (χ3n) is 2.96. The van der Waals surface area contributed by atoms with Crippen LogP contribution in [0.15, 0.2) is 48.5 Å². The highest BCUT2D eigenvalue weighted by atomic mass is 19.1. The van der Waals surface area contributed by atoms with E-state index < -0.39 is 5.97 Å². The van der Waals surface area contributed by atoms with Crippen LogP contribution < -0.4 is 9.47 Å². The molecule has 1 N–H and O–H groups in total. The van der Waals surface area contributed by atoms with Crippen LogP contribution in [0.1, 0.15) is 11.1 Å². The smallest absolute Gasteiger partial charge is 0.328 e. The third kappa shape index (κ3) is 3.85. The van der Waals surface area contributed by atoms with Crippen LogP contribution in [0.3, 0.4) is 0 Å². The van der Waals surface area contributed by atoms with Gasteiger partial charge in [0.2, 0.25) is 0 Å². The van der Waals surface area contributed by atoms with E-state index in [-0.39, 0.29) is 12.4 Å². The average Bonchev–Trinajstić information content (AvgIpc) is 2.52. The van der Waals surface area contributed by atoms with Crippen molar-refractivity contribution in [3.8, 4) is 11.5 Å². The maximum atomic E-state index is 13.6. The lowest BCUT2D eigenvalue weighted by Crippen LogP contribution is -2.01. The molecule has 0 aliphatic carbocycles. The molecule has 0 aliphatic heterocycles. The molecule has 4 nitrogen and oxygen atoms in total. The molecule has 0 heterocycles. The molecule has 0 bridgehead atoms. The van der Waals surface area contributed by atoms with E-state index in [2.05, 4.69) is 0 Å². The first-order valence-corrected chi connectivity index (χ1v) is 6.56. The number of carbonyl (C=O) groups is 1. The van der Waals surface area contributed by atoms with Crippen molar-refractivity contribution in [3.63, 3.8) is 0 Å². The number of aliphatic carboxylic acids is 1. The van der Waals surface area contributed by atoms with Gasteiger partial charge in [-0.2, -0.15) is 0 Å². The molecule has 0 radical (unpaired) electrons. The Bertz CT molecular complexity index is 695. The normalized spacial score (nSPS) is 10.6. The number of carboxylic acid groups (broad SMARTS) is 1. The largest absolute Gasteiger partial charge is 0.493 e. The lowest BCUT2D eigenvalue weighted by molar-refractivity contribution is -0.131. The fourth-order valence-electron chi connectivity index (χ4n) is 1.91. The molecule has 0 saturated carbocycles. The Kier molecular flexibility index (Phi) is 5.14. The summed E-state index contributed by atoms with van der Waals surface area (Å²) in [5, 5.41) is 8.73. The zero-order valence-electron chi connectivity index (χ0n) is 12.0. The first-order valence-electron chi connectivity index (χ1n) is 6.56. The number of methoxy groups -OCH3 is 1. The van der Waals surface area contributed by atoms with Crippen molar-refractivity contribution in [2.24, 2.45) is 0 Å². The number of halogens is 1. The maximum absolute atomic E-state index is 13.6. The van der Waals surface area contributed by atoms with Crippen LogP contribution in [0.2, 0.25) is 0 Å². The second-order valence-electron chi connectivity index (χ2n) is 4.43. The highest BCUT2D eigenvalue weighted by molar-refractivity contribution is 5.86. The Morgan fingerprint density at radius 3 is 2.68 bits per heavy atom. The number of carboxylic acids is 1. The Morgan fingerprint density at radius 2 is 2.00 bits per heavy atom. The van der Waals surface area contributed by atoms with Crippen LogP contribution in [-0.2, 0) is 11.4 Å². The van der Waals surface area contributed by atoms with Gasteiger partial charge in [0.05, 0.1) is 7.11 Å². The topological polar surface area (TPSA) is 55.8 Å². The van der Waals surface area contributed by atoms with Gasteiger partial charge in [-0.25, -0.2) is 9.18 Å². The summed E-state index contributed by atoms with van der Waals surface area (Å²) in [5.41, 5.74) is 0.944. The van der Waals surface area contributed by atoms with Crippen molar-refractivity contribution < 1.29 is 23.8 Å². The molecule has 2 aromatic carbocycles. The van der Waals surface area contributed by atoms with Crippen molar-refractivity contribution >= 4 is 12.0 Å². The van der Waals surface area contributed by atoms with Gasteiger partial charge < -0.3 is 14.6 Å². The maximum Gasteiger partial charge on any atom is 0.328 e. The number of hydrogen-bond donors (Lipinski definition) is 1.